The average molecular weight is 500 g/mol. The van der Waals surface area contributed by atoms with Crippen molar-refractivity contribution in [2.75, 3.05) is 44.7 Å². The van der Waals surface area contributed by atoms with Gasteiger partial charge in [0.15, 0.2) is 11.1 Å². The van der Waals surface area contributed by atoms with Gasteiger partial charge in [-0.2, -0.15) is 0 Å². The molecule has 148 valence electrons. The van der Waals surface area contributed by atoms with Crippen LogP contribution in [0.15, 0.2) is 46.9 Å². The molecule has 1 unspecified atom stereocenters. The Morgan fingerprint density at radius 3 is 2.59 bits per heavy atom. The van der Waals surface area contributed by atoms with Gasteiger partial charge in [-0.25, -0.2) is 4.98 Å². The molecule has 1 saturated heterocycles. The van der Waals surface area contributed by atoms with Crippen LogP contribution in [0.4, 0.5) is 5.13 Å². The van der Waals surface area contributed by atoms with Gasteiger partial charge in [0, 0.05) is 50.3 Å². The van der Waals surface area contributed by atoms with E-state index >= 15 is 0 Å². The molecule has 27 heavy (non-hydrogen) atoms. The third-order valence-corrected chi connectivity index (χ3v) is 5.67. The smallest absolute Gasteiger partial charge is 0.191 e. The fourth-order valence-electron chi connectivity index (χ4n) is 2.99. The number of likely N-dealkylation sites (N-methyl/N-ethyl adjacent to an activating group) is 1. The number of piperazine rings is 1. The Labute approximate surface area is 183 Å². The third kappa shape index (κ3) is 6.32. The first-order valence-electron chi connectivity index (χ1n) is 9.07. The molecular formula is C19H29IN6S. The van der Waals surface area contributed by atoms with Crippen molar-refractivity contribution in [2.24, 2.45) is 10.7 Å². The Bertz CT molecular complexity index is 685. The highest BCUT2D eigenvalue weighted by molar-refractivity contribution is 14.0. The zero-order valence-electron chi connectivity index (χ0n) is 16.0. The lowest BCUT2D eigenvalue weighted by Gasteiger charge is -2.35. The summed E-state index contributed by atoms with van der Waals surface area (Å²) in [5, 5.41) is 3.11. The molecule has 1 aliphatic rings. The van der Waals surface area contributed by atoms with Gasteiger partial charge in [0.1, 0.15) is 0 Å². The molecule has 8 heteroatoms. The number of benzene rings is 1. The van der Waals surface area contributed by atoms with E-state index < -0.39 is 0 Å². The summed E-state index contributed by atoms with van der Waals surface area (Å²) in [7, 11) is 2.14. The summed E-state index contributed by atoms with van der Waals surface area (Å²) in [5.41, 5.74) is 7.56. The van der Waals surface area contributed by atoms with Crippen LogP contribution in [0.5, 0.6) is 0 Å². The number of hydrogen-bond acceptors (Lipinski definition) is 5. The highest BCUT2D eigenvalue weighted by Gasteiger charge is 2.20. The first-order chi connectivity index (χ1) is 12.6. The Morgan fingerprint density at radius 2 is 1.96 bits per heavy atom. The Kier molecular flexibility index (Phi) is 8.78. The molecule has 6 nitrogen and oxygen atoms in total. The molecule has 0 bridgehead atoms. The van der Waals surface area contributed by atoms with Crippen LogP contribution >= 0.6 is 35.3 Å². The van der Waals surface area contributed by atoms with E-state index in [0.29, 0.717) is 18.5 Å². The first-order valence-corrected chi connectivity index (χ1v) is 9.95. The molecule has 0 aliphatic carbocycles. The van der Waals surface area contributed by atoms with Crippen LogP contribution in [-0.2, 0) is 6.54 Å². The van der Waals surface area contributed by atoms with Gasteiger partial charge in [0.05, 0.1) is 6.54 Å². The predicted octanol–water partition coefficient (Wildman–Crippen LogP) is 2.72. The van der Waals surface area contributed by atoms with E-state index in [1.807, 2.05) is 17.6 Å². The van der Waals surface area contributed by atoms with Crippen LogP contribution in [0.2, 0.25) is 0 Å². The number of thiazole rings is 1. The van der Waals surface area contributed by atoms with E-state index in [4.69, 9.17) is 5.73 Å². The minimum absolute atomic E-state index is 0. The molecule has 1 aliphatic heterocycles. The Morgan fingerprint density at radius 1 is 1.26 bits per heavy atom. The second-order valence-corrected chi connectivity index (χ2v) is 7.61. The van der Waals surface area contributed by atoms with E-state index in [1.165, 1.54) is 5.56 Å². The summed E-state index contributed by atoms with van der Waals surface area (Å²) in [6.45, 7) is 7.48. The first kappa shape index (κ1) is 21.9. The molecule has 0 radical (unpaired) electrons. The average Bonchev–Trinajstić information content (AvgIpc) is 3.21. The molecule has 0 amide bonds. The summed E-state index contributed by atoms with van der Waals surface area (Å²) < 4.78 is 0. The van der Waals surface area contributed by atoms with Crippen LogP contribution in [0, 0.1) is 0 Å². The molecule has 2 aromatic rings. The standard InChI is InChI=1S/C19H28N6S.HI/c1-16(23(2)15-17-6-4-3-5-7-17)14-22-18(20)24-9-11-25(12-10-24)19-21-8-13-26-19;/h3-8,13,16H,9-12,14-15H2,1-2H3,(H2,20,22);1H. The molecule has 1 aromatic carbocycles. The lowest BCUT2D eigenvalue weighted by Crippen LogP contribution is -2.51. The van der Waals surface area contributed by atoms with E-state index in [-0.39, 0.29) is 24.0 Å². The Hall–Kier alpha value is -1.39. The van der Waals surface area contributed by atoms with Gasteiger partial charge in [-0.1, -0.05) is 30.3 Å². The fourth-order valence-corrected chi connectivity index (χ4v) is 3.69. The van der Waals surface area contributed by atoms with Crippen LogP contribution in [0.1, 0.15) is 12.5 Å². The van der Waals surface area contributed by atoms with Crippen LogP contribution in [0.25, 0.3) is 0 Å². The summed E-state index contributed by atoms with van der Waals surface area (Å²) in [6, 6.07) is 10.9. The number of guanidine groups is 1. The number of hydrogen-bond donors (Lipinski definition) is 1. The van der Waals surface area contributed by atoms with Crippen LogP contribution in [-0.4, -0.2) is 66.6 Å². The van der Waals surface area contributed by atoms with Gasteiger partial charge < -0.3 is 15.5 Å². The fraction of sp³-hybridized carbons (Fsp3) is 0.474. The lowest BCUT2D eigenvalue weighted by molar-refractivity contribution is 0.254. The monoisotopic (exact) mass is 500 g/mol. The largest absolute Gasteiger partial charge is 0.370 e. The molecular weight excluding hydrogens is 471 g/mol. The number of anilines is 1. The third-order valence-electron chi connectivity index (χ3n) is 4.84. The van der Waals surface area contributed by atoms with Gasteiger partial charge in [0.2, 0.25) is 0 Å². The van der Waals surface area contributed by atoms with E-state index in [0.717, 1.165) is 37.9 Å². The van der Waals surface area contributed by atoms with E-state index in [1.54, 1.807) is 11.3 Å². The summed E-state index contributed by atoms with van der Waals surface area (Å²) in [6.07, 6.45) is 1.86. The topological polar surface area (TPSA) is 61.0 Å². The number of aromatic nitrogens is 1. The number of nitrogens with zero attached hydrogens (tertiary/aromatic N) is 5. The van der Waals surface area contributed by atoms with Crippen LogP contribution < -0.4 is 10.6 Å². The van der Waals surface area contributed by atoms with Gasteiger partial charge in [-0.05, 0) is 19.5 Å². The maximum Gasteiger partial charge on any atom is 0.191 e. The number of nitrogens with two attached hydrogens (primary N) is 1. The quantitative estimate of drug-likeness (QED) is 0.376. The van der Waals surface area contributed by atoms with E-state index in [9.17, 15) is 0 Å². The lowest BCUT2D eigenvalue weighted by atomic mass is 10.2. The summed E-state index contributed by atoms with van der Waals surface area (Å²) >= 11 is 1.69. The number of aliphatic imine (C=N–C) groups is 1. The SMILES string of the molecule is CC(CN=C(N)N1CCN(c2nccs2)CC1)N(C)Cc1ccccc1.I. The predicted molar refractivity (Wildman–Crippen MR) is 125 cm³/mol. The van der Waals surface area contributed by atoms with Crippen molar-refractivity contribution in [2.45, 2.75) is 19.5 Å². The highest BCUT2D eigenvalue weighted by Crippen LogP contribution is 2.18. The van der Waals surface area contributed by atoms with Crippen molar-refractivity contribution in [3.05, 3.63) is 47.5 Å². The van der Waals surface area contributed by atoms with E-state index in [2.05, 4.69) is 62.9 Å². The molecule has 1 fully saturated rings. The Balaban J connectivity index is 0.00000261. The van der Waals surface area contributed by atoms with Crippen molar-refractivity contribution < 1.29 is 0 Å². The molecule has 1 atom stereocenters. The summed E-state index contributed by atoms with van der Waals surface area (Å²) in [5.74, 6) is 0.656. The van der Waals surface area contributed by atoms with Gasteiger partial charge in [-0.3, -0.25) is 9.89 Å². The summed E-state index contributed by atoms with van der Waals surface area (Å²) in [4.78, 5) is 15.8. The van der Waals surface area contributed by atoms with Gasteiger partial charge >= 0.3 is 0 Å². The van der Waals surface area contributed by atoms with Crippen molar-refractivity contribution in [1.82, 2.24) is 14.8 Å². The minimum Gasteiger partial charge on any atom is -0.370 e. The maximum atomic E-state index is 6.24. The molecule has 2 N–H and O–H groups in total. The second-order valence-electron chi connectivity index (χ2n) is 6.74. The molecule has 3 rings (SSSR count). The maximum absolute atomic E-state index is 6.24. The van der Waals surface area contributed by atoms with Crippen molar-refractivity contribution in [3.63, 3.8) is 0 Å². The zero-order chi connectivity index (χ0) is 18.4. The van der Waals surface area contributed by atoms with Crippen LogP contribution in [0.3, 0.4) is 0 Å². The minimum atomic E-state index is 0. The normalized spacial score (nSPS) is 16.3. The molecule has 0 spiro atoms. The van der Waals surface area contributed by atoms with Crippen molar-refractivity contribution in [3.8, 4) is 0 Å². The molecule has 2 heterocycles. The van der Waals surface area contributed by atoms with Gasteiger partial charge in [0.25, 0.3) is 0 Å². The number of halogens is 1. The molecule has 1 aromatic heterocycles. The van der Waals surface area contributed by atoms with Crippen molar-refractivity contribution >= 4 is 46.4 Å². The van der Waals surface area contributed by atoms with Gasteiger partial charge in [-0.15, -0.1) is 35.3 Å². The molecule has 0 saturated carbocycles. The highest BCUT2D eigenvalue weighted by atomic mass is 127. The zero-order valence-corrected chi connectivity index (χ0v) is 19.1. The second kappa shape index (κ2) is 10.8. The number of rotatable bonds is 6. The van der Waals surface area contributed by atoms with Crippen molar-refractivity contribution in [1.29, 1.82) is 0 Å².